The fourth-order valence-electron chi connectivity index (χ4n) is 3.88. The number of rotatable bonds is 5. The molecule has 1 saturated heterocycles. The van der Waals surface area contributed by atoms with E-state index in [1.165, 1.54) is 25.7 Å². The Morgan fingerprint density at radius 1 is 1.14 bits per heavy atom. The van der Waals surface area contributed by atoms with E-state index in [0.29, 0.717) is 18.5 Å². The number of carbonyl (C=O) groups is 1. The van der Waals surface area contributed by atoms with Gasteiger partial charge in [-0.15, -0.1) is 12.4 Å². The lowest BCUT2D eigenvalue weighted by molar-refractivity contribution is -0.124. The van der Waals surface area contributed by atoms with E-state index in [1.54, 1.807) is 0 Å². The predicted octanol–water partition coefficient (Wildman–Crippen LogP) is 2.28. The summed E-state index contributed by atoms with van der Waals surface area (Å²) in [6.45, 7) is 8.43. The summed E-state index contributed by atoms with van der Waals surface area (Å²) >= 11 is 0. The van der Waals surface area contributed by atoms with Crippen molar-refractivity contribution in [3.05, 3.63) is 0 Å². The third-order valence-electron chi connectivity index (χ3n) is 5.62. The zero-order valence-corrected chi connectivity index (χ0v) is 15.3. The molecule has 5 heteroatoms. The van der Waals surface area contributed by atoms with Gasteiger partial charge >= 0.3 is 0 Å². The molecule has 0 bridgehead atoms. The van der Waals surface area contributed by atoms with Crippen LogP contribution in [0.4, 0.5) is 0 Å². The molecule has 0 spiro atoms. The van der Waals surface area contributed by atoms with Gasteiger partial charge in [-0.05, 0) is 63.7 Å². The summed E-state index contributed by atoms with van der Waals surface area (Å²) in [7, 11) is 2.02. The van der Waals surface area contributed by atoms with Crippen LogP contribution in [0.1, 0.15) is 46.0 Å². The molecule has 3 atom stereocenters. The minimum atomic E-state index is 0. The van der Waals surface area contributed by atoms with Crippen LogP contribution in [0.2, 0.25) is 0 Å². The van der Waals surface area contributed by atoms with E-state index in [-0.39, 0.29) is 18.3 Å². The van der Waals surface area contributed by atoms with Crippen LogP contribution in [0, 0.1) is 17.8 Å². The molecule has 2 fully saturated rings. The van der Waals surface area contributed by atoms with E-state index in [4.69, 9.17) is 0 Å². The monoisotopic (exact) mass is 331 g/mol. The molecule has 1 heterocycles. The normalized spacial score (nSPS) is 30.6. The number of nitrogens with one attached hydrogen (secondary N) is 2. The average Bonchev–Trinajstić information content (AvgIpc) is 2.46. The SMILES string of the molecule is CNCC1CCN(CC(=O)NC2CCCC(C)C2C)CC1.Cl. The Morgan fingerprint density at radius 2 is 1.82 bits per heavy atom. The van der Waals surface area contributed by atoms with Crippen LogP contribution in [0.25, 0.3) is 0 Å². The van der Waals surface area contributed by atoms with Crippen molar-refractivity contribution >= 4 is 18.3 Å². The number of piperidine rings is 1. The summed E-state index contributed by atoms with van der Waals surface area (Å²) in [6, 6.07) is 0.392. The highest BCUT2D eigenvalue weighted by Gasteiger charge is 2.28. The molecule has 4 nitrogen and oxygen atoms in total. The molecule has 0 radical (unpaired) electrons. The van der Waals surface area contributed by atoms with E-state index in [1.807, 2.05) is 7.05 Å². The Balaban J connectivity index is 0.00000242. The smallest absolute Gasteiger partial charge is 0.234 e. The van der Waals surface area contributed by atoms with Gasteiger partial charge in [-0.25, -0.2) is 0 Å². The second kappa shape index (κ2) is 9.74. The summed E-state index contributed by atoms with van der Waals surface area (Å²) in [5.74, 6) is 2.37. The first-order chi connectivity index (χ1) is 10.1. The van der Waals surface area contributed by atoms with E-state index in [9.17, 15) is 4.79 Å². The lowest BCUT2D eigenvalue weighted by Gasteiger charge is -2.36. The molecule has 2 N–H and O–H groups in total. The zero-order chi connectivity index (χ0) is 15.2. The first-order valence-electron chi connectivity index (χ1n) is 8.76. The van der Waals surface area contributed by atoms with Crippen molar-refractivity contribution in [2.24, 2.45) is 17.8 Å². The first kappa shape index (κ1) is 19.7. The standard InChI is InChI=1S/C17H33N3O.ClH/c1-13-5-4-6-16(14(13)2)19-17(21)12-20-9-7-15(8-10-20)11-18-3;/h13-16,18H,4-12H2,1-3H3,(H,19,21);1H. The van der Waals surface area contributed by atoms with Crippen molar-refractivity contribution in [2.75, 3.05) is 33.2 Å². The molecule has 22 heavy (non-hydrogen) atoms. The maximum absolute atomic E-state index is 12.3. The highest BCUT2D eigenvalue weighted by molar-refractivity contribution is 5.85. The van der Waals surface area contributed by atoms with Crippen molar-refractivity contribution in [1.29, 1.82) is 0 Å². The molecule has 1 aliphatic heterocycles. The van der Waals surface area contributed by atoms with Gasteiger partial charge in [0.15, 0.2) is 0 Å². The van der Waals surface area contributed by atoms with Gasteiger partial charge in [0.05, 0.1) is 6.54 Å². The van der Waals surface area contributed by atoms with Crippen LogP contribution >= 0.6 is 12.4 Å². The highest BCUT2D eigenvalue weighted by atomic mass is 35.5. The number of halogens is 1. The van der Waals surface area contributed by atoms with Crippen LogP contribution in [0.15, 0.2) is 0 Å². The largest absolute Gasteiger partial charge is 0.352 e. The second-order valence-corrected chi connectivity index (χ2v) is 7.22. The summed E-state index contributed by atoms with van der Waals surface area (Å²) in [6.07, 6.45) is 6.15. The fourth-order valence-corrected chi connectivity index (χ4v) is 3.88. The van der Waals surface area contributed by atoms with Gasteiger partial charge in [-0.3, -0.25) is 9.69 Å². The summed E-state index contributed by atoms with van der Waals surface area (Å²) in [4.78, 5) is 14.6. The number of amides is 1. The molecule has 2 aliphatic rings. The lowest BCUT2D eigenvalue weighted by atomic mass is 9.78. The molecule has 0 aromatic carbocycles. The van der Waals surface area contributed by atoms with E-state index in [2.05, 4.69) is 29.4 Å². The van der Waals surface area contributed by atoms with Gasteiger partial charge in [0.1, 0.15) is 0 Å². The lowest BCUT2D eigenvalue weighted by Crippen LogP contribution is -2.48. The molecule has 3 unspecified atom stereocenters. The summed E-state index contributed by atoms with van der Waals surface area (Å²) in [5.41, 5.74) is 0. The highest BCUT2D eigenvalue weighted by Crippen LogP contribution is 2.29. The van der Waals surface area contributed by atoms with Gasteiger partial charge in [-0.1, -0.05) is 26.7 Å². The van der Waals surface area contributed by atoms with Gasteiger partial charge in [0.25, 0.3) is 0 Å². The van der Waals surface area contributed by atoms with Crippen molar-refractivity contribution < 1.29 is 4.79 Å². The van der Waals surface area contributed by atoms with Gasteiger partial charge in [0.2, 0.25) is 5.91 Å². The molecule has 130 valence electrons. The first-order valence-corrected chi connectivity index (χ1v) is 8.76. The van der Waals surface area contributed by atoms with Gasteiger partial charge in [0, 0.05) is 6.04 Å². The number of carbonyl (C=O) groups excluding carboxylic acids is 1. The van der Waals surface area contributed by atoms with Crippen molar-refractivity contribution in [3.8, 4) is 0 Å². The summed E-state index contributed by atoms with van der Waals surface area (Å²) < 4.78 is 0. The van der Waals surface area contributed by atoms with Gasteiger partial charge < -0.3 is 10.6 Å². The molecular weight excluding hydrogens is 298 g/mol. The second-order valence-electron chi connectivity index (χ2n) is 7.22. The van der Waals surface area contributed by atoms with Crippen molar-refractivity contribution in [3.63, 3.8) is 0 Å². The quantitative estimate of drug-likeness (QED) is 0.812. The van der Waals surface area contributed by atoms with Crippen molar-refractivity contribution in [1.82, 2.24) is 15.5 Å². The Bertz CT molecular complexity index is 332. The fraction of sp³-hybridized carbons (Fsp3) is 0.941. The Labute approximate surface area is 142 Å². The molecule has 2 rings (SSSR count). The third kappa shape index (κ3) is 5.71. The maximum atomic E-state index is 12.3. The Morgan fingerprint density at radius 3 is 2.45 bits per heavy atom. The Kier molecular flexibility index (Phi) is 8.73. The minimum Gasteiger partial charge on any atom is -0.352 e. The van der Waals surface area contributed by atoms with Crippen molar-refractivity contribution in [2.45, 2.75) is 52.0 Å². The average molecular weight is 332 g/mol. The van der Waals surface area contributed by atoms with E-state index in [0.717, 1.165) is 37.9 Å². The number of nitrogens with zero attached hydrogens (tertiary/aromatic N) is 1. The predicted molar refractivity (Wildman–Crippen MR) is 94.4 cm³/mol. The van der Waals surface area contributed by atoms with Crippen LogP contribution in [-0.4, -0.2) is 50.1 Å². The zero-order valence-electron chi connectivity index (χ0n) is 14.4. The molecule has 0 aromatic rings. The molecule has 1 amide bonds. The number of hydrogen-bond donors (Lipinski definition) is 2. The van der Waals surface area contributed by atoms with Gasteiger partial charge in [-0.2, -0.15) is 0 Å². The number of hydrogen-bond acceptors (Lipinski definition) is 3. The molecule has 1 aliphatic carbocycles. The Hall–Kier alpha value is -0.320. The third-order valence-corrected chi connectivity index (χ3v) is 5.62. The molecule has 1 saturated carbocycles. The van der Waals surface area contributed by atoms with E-state index >= 15 is 0 Å². The minimum absolute atomic E-state index is 0. The molecular formula is C17H34ClN3O. The number of likely N-dealkylation sites (tertiary alicyclic amines) is 1. The topological polar surface area (TPSA) is 44.4 Å². The summed E-state index contributed by atoms with van der Waals surface area (Å²) in [5, 5.41) is 6.55. The van der Waals surface area contributed by atoms with Crippen LogP contribution in [0.5, 0.6) is 0 Å². The van der Waals surface area contributed by atoms with Crippen LogP contribution < -0.4 is 10.6 Å². The van der Waals surface area contributed by atoms with Crippen LogP contribution in [-0.2, 0) is 4.79 Å². The van der Waals surface area contributed by atoms with Crippen LogP contribution in [0.3, 0.4) is 0 Å². The van der Waals surface area contributed by atoms with E-state index < -0.39 is 0 Å². The molecule has 0 aromatic heterocycles. The maximum Gasteiger partial charge on any atom is 0.234 e.